The zero-order chi connectivity index (χ0) is 22.3. The highest BCUT2D eigenvalue weighted by molar-refractivity contribution is 7.89. The molecule has 0 atom stereocenters. The Labute approximate surface area is 189 Å². The Morgan fingerprint density at radius 3 is 2.55 bits per heavy atom. The van der Waals surface area contributed by atoms with Crippen molar-refractivity contribution in [1.82, 2.24) is 9.62 Å². The van der Waals surface area contributed by atoms with Crippen LogP contribution in [0.2, 0.25) is 5.02 Å². The summed E-state index contributed by atoms with van der Waals surface area (Å²) in [5.41, 5.74) is 0.970. The maximum absolute atomic E-state index is 12.7. The fraction of sp³-hybridized carbons (Fsp3) is 0.435. The van der Waals surface area contributed by atoms with Gasteiger partial charge in [0, 0.05) is 31.1 Å². The average molecular weight is 465 g/mol. The molecular formula is C23H29ClN2O4S. The summed E-state index contributed by atoms with van der Waals surface area (Å²) < 4.78 is 32.6. The summed E-state index contributed by atoms with van der Waals surface area (Å²) in [6.45, 7) is 3.93. The number of carbonyl (C=O) groups excluding carboxylic acids is 1. The third-order valence-electron chi connectivity index (χ3n) is 5.49. The van der Waals surface area contributed by atoms with Gasteiger partial charge in [0.05, 0.1) is 11.5 Å². The summed E-state index contributed by atoms with van der Waals surface area (Å²) >= 11 is 5.94. The molecule has 1 amide bonds. The van der Waals surface area contributed by atoms with Gasteiger partial charge >= 0.3 is 0 Å². The second-order valence-electron chi connectivity index (χ2n) is 7.83. The lowest BCUT2D eigenvalue weighted by Gasteiger charge is -2.31. The Bertz CT molecular complexity index is 974. The van der Waals surface area contributed by atoms with Crippen LogP contribution < -0.4 is 10.1 Å². The Kier molecular flexibility index (Phi) is 8.35. The Balaban J connectivity index is 1.33. The molecule has 2 aromatic rings. The monoisotopic (exact) mass is 464 g/mol. The van der Waals surface area contributed by atoms with Crippen molar-refractivity contribution >= 4 is 27.5 Å². The van der Waals surface area contributed by atoms with E-state index in [1.54, 1.807) is 36.4 Å². The minimum Gasteiger partial charge on any atom is -0.493 e. The van der Waals surface area contributed by atoms with Crippen LogP contribution in [0.3, 0.4) is 0 Å². The molecule has 1 aliphatic heterocycles. The van der Waals surface area contributed by atoms with Crippen LogP contribution in [-0.4, -0.2) is 44.9 Å². The summed E-state index contributed by atoms with van der Waals surface area (Å²) in [4.78, 5) is 12.5. The number of ether oxygens (including phenoxy) is 1. The van der Waals surface area contributed by atoms with Gasteiger partial charge in [-0.15, -0.1) is 0 Å². The first-order valence-electron chi connectivity index (χ1n) is 10.6. The molecule has 1 N–H and O–H groups in total. The standard InChI is InChI=1S/C23H29ClN2O4S/c1-18-16-20(24)9-10-22(18)30-15-5-8-23(27)25-17-19-11-13-26(14-12-19)31(28,29)21-6-3-2-4-7-21/h2-4,6-7,9-10,16,19H,5,8,11-15,17H2,1H3,(H,25,27). The van der Waals surface area contributed by atoms with E-state index in [4.69, 9.17) is 16.3 Å². The molecule has 0 saturated carbocycles. The fourth-order valence-corrected chi connectivity index (χ4v) is 5.35. The van der Waals surface area contributed by atoms with Gasteiger partial charge in [0.2, 0.25) is 15.9 Å². The van der Waals surface area contributed by atoms with Crippen molar-refractivity contribution in [3.63, 3.8) is 0 Å². The number of hydrogen-bond donors (Lipinski definition) is 1. The molecule has 0 aliphatic carbocycles. The smallest absolute Gasteiger partial charge is 0.243 e. The van der Waals surface area contributed by atoms with Crippen LogP contribution in [0, 0.1) is 12.8 Å². The van der Waals surface area contributed by atoms with Gasteiger partial charge in [0.25, 0.3) is 0 Å². The van der Waals surface area contributed by atoms with Crippen LogP contribution in [0.1, 0.15) is 31.2 Å². The Hall–Kier alpha value is -2.09. The number of sulfonamides is 1. The van der Waals surface area contributed by atoms with E-state index in [1.165, 1.54) is 4.31 Å². The van der Waals surface area contributed by atoms with Crippen molar-refractivity contribution < 1.29 is 17.9 Å². The van der Waals surface area contributed by atoms with Crippen molar-refractivity contribution in [2.24, 2.45) is 5.92 Å². The van der Waals surface area contributed by atoms with Crippen molar-refractivity contribution in [2.75, 3.05) is 26.2 Å². The highest BCUT2D eigenvalue weighted by atomic mass is 35.5. The van der Waals surface area contributed by atoms with Crippen LogP contribution in [0.25, 0.3) is 0 Å². The molecule has 168 valence electrons. The number of piperidine rings is 1. The normalized spacial score (nSPS) is 15.5. The van der Waals surface area contributed by atoms with Crippen LogP contribution in [0.15, 0.2) is 53.4 Å². The van der Waals surface area contributed by atoms with Crippen LogP contribution in [0.5, 0.6) is 5.75 Å². The van der Waals surface area contributed by atoms with Gasteiger partial charge in [-0.25, -0.2) is 8.42 Å². The molecular weight excluding hydrogens is 436 g/mol. The molecule has 0 unspecified atom stereocenters. The third-order valence-corrected chi connectivity index (χ3v) is 7.63. The lowest BCUT2D eigenvalue weighted by Crippen LogP contribution is -2.41. The summed E-state index contributed by atoms with van der Waals surface area (Å²) in [5.74, 6) is 1.07. The minimum atomic E-state index is -3.44. The van der Waals surface area contributed by atoms with Crippen molar-refractivity contribution in [1.29, 1.82) is 0 Å². The van der Waals surface area contributed by atoms with Crippen molar-refractivity contribution in [3.05, 3.63) is 59.1 Å². The van der Waals surface area contributed by atoms with E-state index in [0.29, 0.717) is 54.9 Å². The summed E-state index contributed by atoms with van der Waals surface area (Å²) in [6, 6.07) is 14.0. The summed E-state index contributed by atoms with van der Waals surface area (Å²) in [7, 11) is -3.44. The number of carbonyl (C=O) groups is 1. The number of amides is 1. The number of nitrogens with zero attached hydrogens (tertiary/aromatic N) is 1. The van der Waals surface area contributed by atoms with Gasteiger partial charge in [-0.2, -0.15) is 4.31 Å². The molecule has 1 heterocycles. The van der Waals surface area contributed by atoms with Crippen molar-refractivity contribution in [2.45, 2.75) is 37.5 Å². The number of rotatable bonds is 9. The quantitative estimate of drug-likeness (QED) is 0.568. The van der Waals surface area contributed by atoms with Gasteiger partial charge < -0.3 is 10.1 Å². The third kappa shape index (κ3) is 6.69. The first-order valence-corrected chi connectivity index (χ1v) is 12.4. The van der Waals surface area contributed by atoms with E-state index in [0.717, 1.165) is 24.2 Å². The van der Waals surface area contributed by atoms with Crippen molar-refractivity contribution in [3.8, 4) is 5.75 Å². The molecule has 1 aliphatic rings. The predicted octanol–water partition coefficient (Wildman–Crippen LogP) is 4.02. The lowest BCUT2D eigenvalue weighted by molar-refractivity contribution is -0.121. The van der Waals surface area contributed by atoms with E-state index >= 15 is 0 Å². The van der Waals surface area contributed by atoms with E-state index in [9.17, 15) is 13.2 Å². The molecule has 0 spiro atoms. The van der Waals surface area contributed by atoms with Gasteiger partial charge in [-0.3, -0.25) is 4.79 Å². The van der Waals surface area contributed by atoms with Gasteiger partial charge in [0.15, 0.2) is 0 Å². The van der Waals surface area contributed by atoms with Crippen LogP contribution >= 0.6 is 11.6 Å². The van der Waals surface area contributed by atoms with Gasteiger partial charge in [-0.05, 0) is 68.0 Å². The molecule has 6 nitrogen and oxygen atoms in total. The number of benzene rings is 2. The SMILES string of the molecule is Cc1cc(Cl)ccc1OCCCC(=O)NCC1CCN(S(=O)(=O)c2ccccc2)CC1. The second-order valence-corrected chi connectivity index (χ2v) is 10.2. The zero-order valence-electron chi connectivity index (χ0n) is 17.7. The fourth-order valence-electron chi connectivity index (χ4n) is 3.63. The predicted molar refractivity (Wildman–Crippen MR) is 122 cm³/mol. The first kappa shape index (κ1) is 23.6. The maximum atomic E-state index is 12.7. The van der Waals surface area contributed by atoms with E-state index < -0.39 is 10.0 Å². The summed E-state index contributed by atoms with van der Waals surface area (Å²) in [5, 5.41) is 3.65. The highest BCUT2D eigenvalue weighted by Gasteiger charge is 2.29. The average Bonchev–Trinajstić information content (AvgIpc) is 2.77. The van der Waals surface area contributed by atoms with E-state index in [2.05, 4.69) is 5.32 Å². The largest absolute Gasteiger partial charge is 0.493 e. The number of nitrogens with one attached hydrogen (secondary N) is 1. The molecule has 8 heteroatoms. The molecule has 3 rings (SSSR count). The Morgan fingerprint density at radius 1 is 1.16 bits per heavy atom. The zero-order valence-corrected chi connectivity index (χ0v) is 19.3. The lowest BCUT2D eigenvalue weighted by atomic mass is 9.98. The molecule has 0 radical (unpaired) electrons. The number of hydrogen-bond acceptors (Lipinski definition) is 4. The highest BCUT2D eigenvalue weighted by Crippen LogP contribution is 2.24. The van der Waals surface area contributed by atoms with Crippen LogP contribution in [-0.2, 0) is 14.8 Å². The van der Waals surface area contributed by atoms with E-state index in [-0.39, 0.29) is 5.91 Å². The second kappa shape index (κ2) is 11.0. The topological polar surface area (TPSA) is 75.7 Å². The van der Waals surface area contributed by atoms with Gasteiger partial charge in [0.1, 0.15) is 5.75 Å². The number of halogens is 1. The maximum Gasteiger partial charge on any atom is 0.243 e. The first-order chi connectivity index (χ1) is 14.9. The molecule has 2 aromatic carbocycles. The van der Waals surface area contributed by atoms with Crippen LogP contribution in [0.4, 0.5) is 0 Å². The number of aryl methyl sites for hydroxylation is 1. The molecule has 1 saturated heterocycles. The molecule has 0 bridgehead atoms. The molecule has 31 heavy (non-hydrogen) atoms. The Morgan fingerprint density at radius 2 is 1.87 bits per heavy atom. The summed E-state index contributed by atoms with van der Waals surface area (Å²) in [6.07, 6.45) is 2.51. The molecule has 1 fully saturated rings. The van der Waals surface area contributed by atoms with E-state index in [1.807, 2.05) is 19.1 Å². The minimum absolute atomic E-state index is 0.00392. The van der Waals surface area contributed by atoms with Gasteiger partial charge in [-0.1, -0.05) is 29.8 Å². The molecule has 0 aromatic heterocycles.